The van der Waals surface area contributed by atoms with E-state index in [9.17, 15) is 9.59 Å². The number of benzene rings is 3. The predicted molar refractivity (Wildman–Crippen MR) is 150 cm³/mol. The van der Waals surface area contributed by atoms with Crippen molar-refractivity contribution in [2.75, 3.05) is 13.1 Å². The van der Waals surface area contributed by atoms with Gasteiger partial charge in [-0.1, -0.05) is 66.6 Å². The van der Waals surface area contributed by atoms with E-state index in [0.717, 1.165) is 11.1 Å². The van der Waals surface area contributed by atoms with Crippen LogP contribution in [0.3, 0.4) is 0 Å². The third-order valence-electron chi connectivity index (χ3n) is 6.67. The van der Waals surface area contributed by atoms with Crippen LogP contribution in [0.15, 0.2) is 77.6 Å². The lowest BCUT2D eigenvalue weighted by molar-refractivity contribution is 0.0667. The van der Waals surface area contributed by atoms with Crippen molar-refractivity contribution in [1.82, 2.24) is 14.5 Å². The first-order valence-corrected chi connectivity index (χ1v) is 13.1. The van der Waals surface area contributed by atoms with E-state index in [4.69, 9.17) is 22.3 Å². The largest absolute Gasteiger partial charge is 0.335 e. The van der Waals surface area contributed by atoms with Crippen molar-refractivity contribution >= 4 is 28.4 Å². The van der Waals surface area contributed by atoms with Crippen LogP contribution < -0.4 is 11.3 Å². The SMILES string of the molecule is CC[C@H](Cc1nc2cc(Cl)ccc2c(=O)n1Cc1ccccc1)N(CCCN)C(=O)c1ccc(C)cc1. The summed E-state index contributed by atoms with van der Waals surface area (Å²) in [6.45, 7) is 5.47. The molecule has 3 aromatic carbocycles. The molecule has 0 radical (unpaired) electrons. The zero-order chi connectivity index (χ0) is 26.4. The van der Waals surface area contributed by atoms with Crippen molar-refractivity contribution in [3.8, 4) is 0 Å². The highest BCUT2D eigenvalue weighted by Crippen LogP contribution is 2.20. The molecule has 0 unspecified atom stereocenters. The number of nitrogens with two attached hydrogens (primary N) is 1. The van der Waals surface area contributed by atoms with Gasteiger partial charge in [-0.3, -0.25) is 14.2 Å². The summed E-state index contributed by atoms with van der Waals surface area (Å²) in [6.07, 6.45) is 1.83. The Hall–Kier alpha value is -3.48. The third-order valence-corrected chi connectivity index (χ3v) is 6.91. The fourth-order valence-electron chi connectivity index (χ4n) is 4.58. The van der Waals surface area contributed by atoms with Gasteiger partial charge in [0, 0.05) is 29.6 Å². The van der Waals surface area contributed by atoms with Crippen molar-refractivity contribution in [2.45, 2.75) is 45.7 Å². The van der Waals surface area contributed by atoms with E-state index in [1.54, 1.807) is 22.8 Å². The molecule has 0 spiro atoms. The van der Waals surface area contributed by atoms with Crippen LogP contribution in [0.4, 0.5) is 0 Å². The highest BCUT2D eigenvalue weighted by atomic mass is 35.5. The van der Waals surface area contributed by atoms with Gasteiger partial charge in [-0.05, 0) is 62.2 Å². The van der Waals surface area contributed by atoms with Crippen LogP contribution in [0.25, 0.3) is 10.9 Å². The molecule has 0 aliphatic heterocycles. The Bertz CT molecular complexity index is 1420. The first-order valence-electron chi connectivity index (χ1n) is 12.7. The molecule has 4 rings (SSSR count). The normalized spacial score (nSPS) is 12.0. The maximum absolute atomic E-state index is 13.6. The number of carbonyl (C=O) groups excluding carboxylic acids is 1. The molecule has 2 N–H and O–H groups in total. The van der Waals surface area contributed by atoms with Gasteiger partial charge < -0.3 is 10.6 Å². The van der Waals surface area contributed by atoms with Gasteiger partial charge in [0.1, 0.15) is 5.82 Å². The van der Waals surface area contributed by atoms with Crippen molar-refractivity contribution < 1.29 is 4.79 Å². The number of hydrogen-bond acceptors (Lipinski definition) is 4. The second-order valence-corrected chi connectivity index (χ2v) is 9.78. The molecule has 0 aliphatic rings. The number of hydrogen-bond donors (Lipinski definition) is 1. The maximum Gasteiger partial charge on any atom is 0.261 e. The van der Waals surface area contributed by atoms with Crippen LogP contribution in [0.2, 0.25) is 5.02 Å². The van der Waals surface area contributed by atoms with Gasteiger partial charge in [0.05, 0.1) is 17.4 Å². The summed E-state index contributed by atoms with van der Waals surface area (Å²) in [6, 6.07) is 22.5. The topological polar surface area (TPSA) is 81.2 Å². The Morgan fingerprint density at radius 2 is 1.81 bits per heavy atom. The standard InChI is InChI=1S/C30H33ClN4O2/c1-3-25(34(17-7-16-32)29(36)23-12-10-21(2)11-13-23)19-28-33-27-18-24(31)14-15-26(27)30(37)35(28)20-22-8-5-4-6-9-22/h4-6,8-15,18,25H,3,7,16-17,19-20,32H2,1-2H3/t25-/m1/s1. The Labute approximate surface area is 222 Å². The van der Waals surface area contributed by atoms with E-state index in [1.165, 1.54) is 0 Å². The molecule has 0 saturated heterocycles. The number of rotatable bonds is 10. The molecule has 1 amide bonds. The Morgan fingerprint density at radius 3 is 2.49 bits per heavy atom. The average Bonchev–Trinajstić information content (AvgIpc) is 2.90. The van der Waals surface area contributed by atoms with Crippen molar-refractivity contribution in [2.24, 2.45) is 5.73 Å². The molecular weight excluding hydrogens is 484 g/mol. The van der Waals surface area contributed by atoms with E-state index in [-0.39, 0.29) is 17.5 Å². The maximum atomic E-state index is 13.6. The number of aromatic nitrogens is 2. The van der Waals surface area contributed by atoms with Gasteiger partial charge in [0.25, 0.3) is 11.5 Å². The average molecular weight is 517 g/mol. The molecule has 0 bridgehead atoms. The Balaban J connectivity index is 1.77. The lowest BCUT2D eigenvalue weighted by Crippen LogP contribution is -2.43. The number of nitrogens with zero attached hydrogens (tertiary/aromatic N) is 3. The van der Waals surface area contributed by atoms with Crippen molar-refractivity contribution in [3.05, 3.63) is 111 Å². The molecule has 192 valence electrons. The molecule has 0 aliphatic carbocycles. The van der Waals surface area contributed by atoms with Crippen LogP contribution in [0.5, 0.6) is 0 Å². The fourth-order valence-corrected chi connectivity index (χ4v) is 4.75. The molecule has 1 heterocycles. The second-order valence-electron chi connectivity index (χ2n) is 9.34. The number of amides is 1. The van der Waals surface area contributed by atoms with Crippen molar-refractivity contribution in [1.29, 1.82) is 0 Å². The minimum atomic E-state index is -0.161. The van der Waals surface area contributed by atoms with Gasteiger partial charge in [0.2, 0.25) is 0 Å². The zero-order valence-electron chi connectivity index (χ0n) is 21.4. The lowest BCUT2D eigenvalue weighted by atomic mass is 10.0. The highest BCUT2D eigenvalue weighted by Gasteiger charge is 2.26. The lowest BCUT2D eigenvalue weighted by Gasteiger charge is -2.32. The summed E-state index contributed by atoms with van der Waals surface area (Å²) in [5.41, 5.74) is 9.01. The molecular formula is C30H33ClN4O2. The molecule has 6 nitrogen and oxygen atoms in total. The van der Waals surface area contributed by atoms with E-state index in [2.05, 4.69) is 6.92 Å². The summed E-state index contributed by atoms with van der Waals surface area (Å²) < 4.78 is 1.73. The number of aryl methyl sites for hydroxylation is 1. The van der Waals surface area contributed by atoms with E-state index >= 15 is 0 Å². The van der Waals surface area contributed by atoms with Gasteiger partial charge in [0.15, 0.2) is 0 Å². The first-order chi connectivity index (χ1) is 17.9. The molecule has 7 heteroatoms. The monoisotopic (exact) mass is 516 g/mol. The summed E-state index contributed by atoms with van der Waals surface area (Å²) in [5, 5.41) is 1.05. The molecule has 4 aromatic rings. The fraction of sp³-hybridized carbons (Fsp3) is 0.300. The van der Waals surface area contributed by atoms with Gasteiger partial charge in [-0.2, -0.15) is 0 Å². The Morgan fingerprint density at radius 1 is 1.08 bits per heavy atom. The molecule has 1 aromatic heterocycles. The van der Waals surface area contributed by atoms with Gasteiger partial charge >= 0.3 is 0 Å². The summed E-state index contributed by atoms with van der Waals surface area (Å²) in [7, 11) is 0. The first kappa shape index (κ1) is 26.6. The van der Waals surface area contributed by atoms with Crippen LogP contribution in [-0.4, -0.2) is 39.5 Å². The number of carbonyl (C=O) groups is 1. The van der Waals surface area contributed by atoms with Crippen LogP contribution >= 0.6 is 11.6 Å². The van der Waals surface area contributed by atoms with Gasteiger partial charge in [-0.15, -0.1) is 0 Å². The summed E-state index contributed by atoms with van der Waals surface area (Å²) in [5.74, 6) is 0.589. The zero-order valence-corrected chi connectivity index (χ0v) is 22.1. The van der Waals surface area contributed by atoms with Crippen molar-refractivity contribution in [3.63, 3.8) is 0 Å². The third kappa shape index (κ3) is 6.27. The van der Waals surface area contributed by atoms with Crippen LogP contribution in [-0.2, 0) is 13.0 Å². The highest BCUT2D eigenvalue weighted by molar-refractivity contribution is 6.31. The predicted octanol–water partition coefficient (Wildman–Crippen LogP) is 5.22. The molecule has 37 heavy (non-hydrogen) atoms. The molecule has 0 saturated carbocycles. The van der Waals surface area contributed by atoms with Crippen LogP contribution in [0.1, 0.15) is 47.1 Å². The summed E-state index contributed by atoms with van der Waals surface area (Å²) >= 11 is 6.24. The number of fused-ring (bicyclic) bond motifs is 1. The number of halogens is 1. The van der Waals surface area contributed by atoms with Gasteiger partial charge in [-0.25, -0.2) is 4.98 Å². The quantitative estimate of drug-likeness (QED) is 0.313. The minimum absolute atomic E-state index is 0.0407. The molecule has 1 atom stereocenters. The Kier molecular flexibility index (Phi) is 8.74. The van der Waals surface area contributed by atoms with Crippen LogP contribution in [0, 0.1) is 6.92 Å². The van der Waals surface area contributed by atoms with E-state index < -0.39 is 0 Å². The van der Waals surface area contributed by atoms with E-state index in [0.29, 0.717) is 66.2 Å². The summed E-state index contributed by atoms with van der Waals surface area (Å²) in [4.78, 5) is 34.1. The smallest absolute Gasteiger partial charge is 0.261 e. The minimum Gasteiger partial charge on any atom is -0.335 e. The second kappa shape index (κ2) is 12.2. The van der Waals surface area contributed by atoms with E-state index in [1.807, 2.05) is 66.4 Å². The molecule has 0 fully saturated rings.